The molecule has 2 heteroatoms. The molecule has 0 aromatic heterocycles. The van der Waals surface area contributed by atoms with Crippen LogP contribution < -0.4 is 0 Å². The zero-order valence-corrected chi connectivity index (χ0v) is 9.49. The highest BCUT2D eigenvalue weighted by molar-refractivity contribution is 9.10. The van der Waals surface area contributed by atoms with Gasteiger partial charge in [-0.05, 0) is 18.8 Å². The van der Waals surface area contributed by atoms with E-state index < -0.39 is 0 Å². The van der Waals surface area contributed by atoms with Crippen LogP contribution in [0.4, 0.5) is 0 Å². The minimum atomic E-state index is 0.604. The van der Waals surface area contributed by atoms with Gasteiger partial charge in [0.25, 0.3) is 0 Å². The predicted octanol–water partition coefficient (Wildman–Crippen LogP) is 3.75. The molecule has 0 aliphatic rings. The third-order valence-corrected chi connectivity index (χ3v) is 3.17. The number of rotatable bonds is 5. The molecular weight excluding hydrogens is 256 g/mol. The molecule has 0 saturated heterocycles. The van der Waals surface area contributed by atoms with Gasteiger partial charge in [0.2, 0.25) is 0 Å². The molecule has 60 valence electrons. The van der Waals surface area contributed by atoms with Gasteiger partial charge in [0, 0.05) is 10.2 Å². The fourth-order valence-corrected chi connectivity index (χ4v) is 2.60. The Kier molecular flexibility index (Phi) is 6.86. The second-order valence-electron chi connectivity index (χ2n) is 2.46. The Morgan fingerprint density at radius 1 is 1.60 bits per heavy atom. The molecule has 0 bridgehead atoms. The lowest BCUT2D eigenvalue weighted by molar-refractivity contribution is 0.552. The Hall–Kier alpha value is 0.700. The lowest BCUT2D eigenvalue weighted by Crippen LogP contribution is -2.11. The van der Waals surface area contributed by atoms with Crippen LogP contribution in [0.15, 0.2) is 12.7 Å². The van der Waals surface area contributed by atoms with E-state index in [4.69, 9.17) is 0 Å². The van der Waals surface area contributed by atoms with Crippen LogP contribution in [0.5, 0.6) is 0 Å². The average Bonchev–Trinajstić information content (AvgIpc) is 1.89. The van der Waals surface area contributed by atoms with Crippen LogP contribution in [0.25, 0.3) is 0 Å². The zero-order valence-electron chi connectivity index (χ0n) is 6.32. The molecule has 0 radical (unpaired) electrons. The number of hydrogen-bond donors (Lipinski definition) is 0. The van der Waals surface area contributed by atoms with Crippen LogP contribution in [-0.2, 0) is 0 Å². The molecule has 0 heterocycles. The first kappa shape index (κ1) is 10.7. The van der Waals surface area contributed by atoms with E-state index in [0.29, 0.717) is 4.83 Å². The molecule has 0 rings (SSSR count). The van der Waals surface area contributed by atoms with Crippen molar-refractivity contribution in [1.29, 1.82) is 0 Å². The van der Waals surface area contributed by atoms with Gasteiger partial charge in [-0.15, -0.1) is 6.58 Å². The first-order valence-electron chi connectivity index (χ1n) is 3.53. The van der Waals surface area contributed by atoms with Gasteiger partial charge in [0.15, 0.2) is 0 Å². The molecule has 0 fully saturated rings. The molecule has 0 nitrogen and oxygen atoms in total. The van der Waals surface area contributed by atoms with Gasteiger partial charge in [0.1, 0.15) is 0 Å². The van der Waals surface area contributed by atoms with E-state index in [1.165, 1.54) is 6.42 Å². The second-order valence-corrected chi connectivity index (χ2v) is 4.55. The van der Waals surface area contributed by atoms with E-state index in [0.717, 1.165) is 17.7 Å². The van der Waals surface area contributed by atoms with Crippen molar-refractivity contribution in [2.75, 3.05) is 5.33 Å². The van der Waals surface area contributed by atoms with Crippen molar-refractivity contribution in [1.82, 2.24) is 0 Å². The summed E-state index contributed by atoms with van der Waals surface area (Å²) >= 11 is 7.05. The van der Waals surface area contributed by atoms with Crippen LogP contribution >= 0.6 is 31.9 Å². The van der Waals surface area contributed by atoms with Crippen molar-refractivity contribution in [2.24, 2.45) is 5.92 Å². The summed E-state index contributed by atoms with van der Waals surface area (Å²) in [5.41, 5.74) is 0. The van der Waals surface area contributed by atoms with Gasteiger partial charge in [-0.25, -0.2) is 0 Å². The van der Waals surface area contributed by atoms with Crippen LogP contribution in [-0.4, -0.2) is 10.2 Å². The molecule has 0 saturated carbocycles. The molecular formula is C8H14Br2. The summed E-state index contributed by atoms with van der Waals surface area (Å²) in [6, 6.07) is 0. The fraction of sp³-hybridized carbons (Fsp3) is 0.750. The van der Waals surface area contributed by atoms with Gasteiger partial charge in [-0.1, -0.05) is 44.9 Å². The van der Waals surface area contributed by atoms with Crippen LogP contribution in [0, 0.1) is 5.92 Å². The number of allylic oxidation sites excluding steroid dienone is 1. The first-order valence-corrected chi connectivity index (χ1v) is 5.57. The van der Waals surface area contributed by atoms with Crippen LogP contribution in [0.3, 0.4) is 0 Å². The summed E-state index contributed by atoms with van der Waals surface area (Å²) in [7, 11) is 0. The van der Waals surface area contributed by atoms with E-state index in [2.05, 4.69) is 45.4 Å². The Balaban J connectivity index is 3.49. The topological polar surface area (TPSA) is 0 Å². The SMILES string of the molecule is C=CCCC(CBr)C(C)Br. The van der Waals surface area contributed by atoms with Crippen molar-refractivity contribution in [3.05, 3.63) is 12.7 Å². The molecule has 0 N–H and O–H groups in total. The Labute approximate surface area is 80.3 Å². The Morgan fingerprint density at radius 3 is 2.50 bits per heavy atom. The van der Waals surface area contributed by atoms with E-state index in [1.807, 2.05) is 6.08 Å². The number of alkyl halides is 2. The summed E-state index contributed by atoms with van der Waals surface area (Å²) in [6.07, 6.45) is 4.32. The molecule has 0 aliphatic carbocycles. The lowest BCUT2D eigenvalue weighted by atomic mass is 10.0. The smallest absolute Gasteiger partial charge is 0.0153 e. The second kappa shape index (κ2) is 6.41. The van der Waals surface area contributed by atoms with Gasteiger partial charge in [-0.2, -0.15) is 0 Å². The highest BCUT2D eigenvalue weighted by atomic mass is 79.9. The maximum absolute atomic E-state index is 3.70. The standard InChI is InChI=1S/C8H14Br2/c1-3-4-5-8(6-9)7(2)10/h3,7-8H,1,4-6H2,2H3. The minimum Gasteiger partial charge on any atom is -0.103 e. The van der Waals surface area contributed by atoms with E-state index in [-0.39, 0.29) is 0 Å². The average molecular weight is 270 g/mol. The molecule has 0 aliphatic heterocycles. The normalized spacial score (nSPS) is 16.3. The monoisotopic (exact) mass is 268 g/mol. The van der Waals surface area contributed by atoms with Gasteiger partial charge >= 0.3 is 0 Å². The third kappa shape index (κ3) is 4.51. The van der Waals surface area contributed by atoms with Crippen molar-refractivity contribution in [3.63, 3.8) is 0 Å². The molecule has 0 aromatic rings. The molecule has 10 heavy (non-hydrogen) atoms. The van der Waals surface area contributed by atoms with Crippen molar-refractivity contribution in [3.8, 4) is 0 Å². The highest BCUT2D eigenvalue weighted by Gasteiger charge is 2.11. The summed E-state index contributed by atoms with van der Waals surface area (Å²) in [4.78, 5) is 0.604. The molecule has 0 aromatic carbocycles. The number of halogens is 2. The summed E-state index contributed by atoms with van der Waals surface area (Å²) < 4.78 is 0. The molecule has 2 atom stereocenters. The number of hydrogen-bond acceptors (Lipinski definition) is 0. The van der Waals surface area contributed by atoms with Crippen molar-refractivity contribution < 1.29 is 0 Å². The molecule has 2 unspecified atom stereocenters. The zero-order chi connectivity index (χ0) is 7.98. The van der Waals surface area contributed by atoms with Gasteiger partial charge < -0.3 is 0 Å². The van der Waals surface area contributed by atoms with Crippen LogP contribution in [0.1, 0.15) is 19.8 Å². The molecule has 0 spiro atoms. The van der Waals surface area contributed by atoms with E-state index >= 15 is 0 Å². The van der Waals surface area contributed by atoms with Crippen LogP contribution in [0.2, 0.25) is 0 Å². The minimum absolute atomic E-state index is 0.604. The maximum Gasteiger partial charge on any atom is 0.0153 e. The van der Waals surface area contributed by atoms with E-state index in [1.54, 1.807) is 0 Å². The largest absolute Gasteiger partial charge is 0.103 e. The Bertz CT molecular complexity index is 89.3. The highest BCUT2D eigenvalue weighted by Crippen LogP contribution is 2.20. The fourth-order valence-electron chi connectivity index (χ4n) is 0.761. The van der Waals surface area contributed by atoms with Crippen molar-refractivity contribution in [2.45, 2.75) is 24.6 Å². The van der Waals surface area contributed by atoms with E-state index in [9.17, 15) is 0 Å². The van der Waals surface area contributed by atoms with Gasteiger partial charge in [0.05, 0.1) is 0 Å². The predicted molar refractivity (Wildman–Crippen MR) is 55.1 cm³/mol. The molecule has 0 amide bonds. The quantitative estimate of drug-likeness (QED) is 0.527. The summed E-state index contributed by atoms with van der Waals surface area (Å²) in [5, 5.41) is 1.08. The Morgan fingerprint density at radius 2 is 2.20 bits per heavy atom. The third-order valence-electron chi connectivity index (χ3n) is 1.59. The van der Waals surface area contributed by atoms with Crippen molar-refractivity contribution >= 4 is 31.9 Å². The first-order chi connectivity index (χ1) is 4.72. The summed E-state index contributed by atoms with van der Waals surface area (Å²) in [5.74, 6) is 0.734. The maximum atomic E-state index is 3.70. The summed E-state index contributed by atoms with van der Waals surface area (Å²) in [6.45, 7) is 5.89. The van der Waals surface area contributed by atoms with Gasteiger partial charge in [-0.3, -0.25) is 0 Å². The lowest BCUT2D eigenvalue weighted by Gasteiger charge is -2.14.